The average molecular weight is 470 g/mol. The zero-order valence-electron chi connectivity index (χ0n) is 19.4. The summed E-state index contributed by atoms with van der Waals surface area (Å²) in [6, 6.07) is 23.6. The molecule has 0 unspecified atom stereocenters. The molecule has 0 radical (unpaired) electrons. The maximum Gasteiger partial charge on any atom is 0.291 e. The monoisotopic (exact) mass is 469 g/mol. The molecule has 0 aliphatic heterocycles. The van der Waals surface area contributed by atoms with Crippen molar-refractivity contribution in [2.45, 2.75) is 27.0 Å². The third-order valence-electron chi connectivity index (χ3n) is 5.85. The van der Waals surface area contributed by atoms with E-state index >= 15 is 0 Å². The summed E-state index contributed by atoms with van der Waals surface area (Å²) in [7, 11) is 0. The van der Waals surface area contributed by atoms with E-state index in [1.54, 1.807) is 28.9 Å². The van der Waals surface area contributed by atoms with Gasteiger partial charge in [0.2, 0.25) is 0 Å². The van der Waals surface area contributed by atoms with E-state index < -0.39 is 0 Å². The predicted octanol–water partition coefficient (Wildman–Crippen LogP) is 6.26. The van der Waals surface area contributed by atoms with E-state index in [0.29, 0.717) is 23.7 Å². The third-order valence-corrected chi connectivity index (χ3v) is 5.85. The fraction of sp³-hybridized carbons (Fsp3) is 0.143. The van der Waals surface area contributed by atoms with Gasteiger partial charge in [0.25, 0.3) is 5.91 Å². The summed E-state index contributed by atoms with van der Waals surface area (Å²) in [6.07, 6.45) is 0. The van der Waals surface area contributed by atoms with Gasteiger partial charge in [-0.2, -0.15) is 5.10 Å². The van der Waals surface area contributed by atoms with Crippen LogP contribution in [0.15, 0.2) is 83.3 Å². The highest BCUT2D eigenvalue weighted by Gasteiger charge is 2.18. The molecule has 1 amide bonds. The number of carbonyl (C=O) groups is 1. The van der Waals surface area contributed by atoms with Gasteiger partial charge >= 0.3 is 0 Å². The lowest BCUT2D eigenvalue weighted by Crippen LogP contribution is -2.12. The van der Waals surface area contributed by atoms with Crippen molar-refractivity contribution in [2.24, 2.45) is 0 Å². The number of hydrogen-bond donors (Lipinski definition) is 1. The van der Waals surface area contributed by atoms with E-state index in [9.17, 15) is 9.18 Å². The van der Waals surface area contributed by atoms with Crippen LogP contribution in [-0.2, 0) is 13.2 Å². The first-order valence-corrected chi connectivity index (χ1v) is 11.3. The number of anilines is 1. The third kappa shape index (κ3) is 4.94. The molecule has 0 saturated heterocycles. The van der Waals surface area contributed by atoms with Crippen LogP contribution in [0.3, 0.4) is 0 Å². The molecule has 176 valence electrons. The van der Waals surface area contributed by atoms with Gasteiger partial charge in [-0.3, -0.25) is 9.48 Å². The summed E-state index contributed by atoms with van der Waals surface area (Å²) in [5.74, 6) is 0.812. The van der Waals surface area contributed by atoms with Gasteiger partial charge in [-0.15, -0.1) is 0 Å². The van der Waals surface area contributed by atoms with E-state index in [-0.39, 0.29) is 24.1 Å². The summed E-state index contributed by atoms with van der Waals surface area (Å²) in [5, 5.41) is 9.66. The number of furan rings is 1. The number of benzene rings is 3. The molecule has 0 atom stereocenters. The number of aryl methyl sites for hydroxylation is 1. The second-order valence-electron chi connectivity index (χ2n) is 8.35. The molecule has 0 bridgehead atoms. The molecular weight excluding hydrogens is 445 g/mol. The van der Waals surface area contributed by atoms with Gasteiger partial charge in [0.15, 0.2) is 5.76 Å². The first-order valence-electron chi connectivity index (χ1n) is 11.3. The Hall–Kier alpha value is -4.39. The van der Waals surface area contributed by atoms with Crippen LogP contribution in [0, 0.1) is 19.7 Å². The van der Waals surface area contributed by atoms with Gasteiger partial charge in [0.1, 0.15) is 23.9 Å². The van der Waals surface area contributed by atoms with Gasteiger partial charge in [0, 0.05) is 0 Å². The number of ether oxygens (including phenoxy) is 1. The molecule has 0 spiro atoms. The molecule has 2 aromatic heterocycles. The van der Waals surface area contributed by atoms with E-state index in [0.717, 1.165) is 27.8 Å². The lowest BCUT2D eigenvalue weighted by Gasteiger charge is -2.07. The molecular formula is C28H24FN3O3. The fourth-order valence-electron chi connectivity index (χ4n) is 3.96. The Morgan fingerprint density at radius 2 is 1.77 bits per heavy atom. The van der Waals surface area contributed by atoms with Crippen LogP contribution in [0.5, 0.6) is 5.75 Å². The number of amides is 1. The van der Waals surface area contributed by atoms with Crippen LogP contribution in [0.4, 0.5) is 10.1 Å². The number of halogens is 1. The Morgan fingerprint density at radius 3 is 2.57 bits per heavy atom. The summed E-state index contributed by atoms with van der Waals surface area (Å²) in [5.41, 5.74) is 3.02. The molecule has 3 aromatic carbocycles. The molecule has 7 heteroatoms. The SMILES string of the molecule is Cc1nn(Cc2ccc(F)cc2)c(C)c1NC(=O)c1ccc(COc2ccc3ccccc3c2)o1. The Balaban J connectivity index is 1.24. The van der Waals surface area contributed by atoms with Gasteiger partial charge in [-0.05, 0) is 66.6 Å². The highest BCUT2D eigenvalue weighted by molar-refractivity contribution is 6.03. The van der Waals surface area contributed by atoms with Crippen molar-refractivity contribution in [1.82, 2.24) is 9.78 Å². The van der Waals surface area contributed by atoms with Gasteiger partial charge in [0.05, 0.1) is 23.6 Å². The largest absolute Gasteiger partial charge is 0.486 e. The second-order valence-corrected chi connectivity index (χ2v) is 8.35. The zero-order chi connectivity index (χ0) is 24.4. The van der Waals surface area contributed by atoms with E-state index in [1.807, 2.05) is 56.3 Å². The van der Waals surface area contributed by atoms with E-state index in [1.165, 1.54) is 12.1 Å². The van der Waals surface area contributed by atoms with Crippen molar-refractivity contribution in [2.75, 3.05) is 5.32 Å². The number of hydrogen-bond acceptors (Lipinski definition) is 4. The topological polar surface area (TPSA) is 69.3 Å². The maximum atomic E-state index is 13.2. The Labute approximate surface area is 202 Å². The second kappa shape index (κ2) is 9.46. The molecule has 0 fully saturated rings. The highest BCUT2D eigenvalue weighted by Crippen LogP contribution is 2.24. The first kappa shape index (κ1) is 22.4. The van der Waals surface area contributed by atoms with Gasteiger partial charge in [-0.25, -0.2) is 4.39 Å². The molecule has 5 rings (SSSR count). The Kier molecular flexibility index (Phi) is 6.06. The van der Waals surface area contributed by atoms with Gasteiger partial charge in [-0.1, -0.05) is 42.5 Å². The Morgan fingerprint density at radius 1 is 1.00 bits per heavy atom. The smallest absolute Gasteiger partial charge is 0.291 e. The molecule has 1 N–H and O–H groups in total. The quantitative estimate of drug-likeness (QED) is 0.305. The average Bonchev–Trinajstić information content (AvgIpc) is 3.44. The van der Waals surface area contributed by atoms with Gasteiger partial charge < -0.3 is 14.5 Å². The van der Waals surface area contributed by atoms with E-state index in [4.69, 9.17) is 9.15 Å². The normalized spacial score (nSPS) is 11.1. The molecule has 0 aliphatic carbocycles. The van der Waals surface area contributed by atoms with Crippen LogP contribution in [0.25, 0.3) is 10.8 Å². The van der Waals surface area contributed by atoms with Crippen LogP contribution in [0.1, 0.15) is 33.3 Å². The summed E-state index contributed by atoms with van der Waals surface area (Å²) in [4.78, 5) is 12.8. The summed E-state index contributed by atoms with van der Waals surface area (Å²) in [6.45, 7) is 4.39. The minimum atomic E-state index is -0.366. The number of fused-ring (bicyclic) bond motifs is 1. The van der Waals surface area contributed by atoms with Crippen molar-refractivity contribution >= 4 is 22.4 Å². The van der Waals surface area contributed by atoms with Crippen LogP contribution in [0.2, 0.25) is 0 Å². The summed E-state index contributed by atoms with van der Waals surface area (Å²) < 4.78 is 26.5. The molecule has 2 heterocycles. The Bertz CT molecular complexity index is 1500. The zero-order valence-corrected chi connectivity index (χ0v) is 19.4. The van der Waals surface area contributed by atoms with Crippen LogP contribution in [-0.4, -0.2) is 15.7 Å². The molecule has 0 saturated carbocycles. The number of nitrogens with zero attached hydrogens (tertiary/aromatic N) is 2. The van der Waals surface area contributed by atoms with Crippen LogP contribution < -0.4 is 10.1 Å². The lowest BCUT2D eigenvalue weighted by atomic mass is 10.1. The predicted molar refractivity (Wildman–Crippen MR) is 132 cm³/mol. The first-order chi connectivity index (χ1) is 17.0. The molecule has 0 aliphatic rings. The number of rotatable bonds is 7. The number of nitrogens with one attached hydrogen (secondary N) is 1. The summed E-state index contributed by atoms with van der Waals surface area (Å²) >= 11 is 0. The van der Waals surface area contributed by atoms with Crippen molar-refractivity contribution in [1.29, 1.82) is 0 Å². The van der Waals surface area contributed by atoms with Crippen molar-refractivity contribution < 1.29 is 18.3 Å². The van der Waals surface area contributed by atoms with E-state index in [2.05, 4.69) is 10.4 Å². The fourth-order valence-corrected chi connectivity index (χ4v) is 3.96. The minimum absolute atomic E-state index is 0.187. The van der Waals surface area contributed by atoms with Crippen molar-refractivity contribution in [3.8, 4) is 5.75 Å². The minimum Gasteiger partial charge on any atom is -0.486 e. The molecule has 35 heavy (non-hydrogen) atoms. The lowest BCUT2D eigenvalue weighted by molar-refractivity contribution is 0.0992. The van der Waals surface area contributed by atoms with Crippen LogP contribution >= 0.6 is 0 Å². The number of carbonyl (C=O) groups excluding carboxylic acids is 1. The number of aromatic nitrogens is 2. The highest BCUT2D eigenvalue weighted by atomic mass is 19.1. The van der Waals surface area contributed by atoms with Crippen molar-refractivity contribution in [3.05, 3.63) is 113 Å². The molecule has 6 nitrogen and oxygen atoms in total. The maximum absolute atomic E-state index is 13.2. The molecule has 5 aromatic rings. The standard InChI is InChI=1S/C28H24FN3O3/c1-18-27(19(2)32(31-18)16-20-7-10-23(29)11-8-20)30-28(33)26-14-13-25(35-26)17-34-24-12-9-21-5-3-4-6-22(21)15-24/h3-15H,16-17H2,1-2H3,(H,30,33). The van der Waals surface area contributed by atoms with Crippen molar-refractivity contribution in [3.63, 3.8) is 0 Å².